The van der Waals surface area contributed by atoms with Crippen molar-refractivity contribution in [3.63, 3.8) is 0 Å². The van der Waals surface area contributed by atoms with Crippen LogP contribution in [0.3, 0.4) is 0 Å². The Morgan fingerprint density at radius 1 is 1.20 bits per heavy atom. The van der Waals surface area contributed by atoms with Crippen LogP contribution in [0, 0.1) is 0 Å². The highest BCUT2D eigenvalue weighted by Gasteiger charge is 2.34. The van der Waals surface area contributed by atoms with E-state index in [2.05, 4.69) is 10.6 Å². The van der Waals surface area contributed by atoms with Gasteiger partial charge in [0.2, 0.25) is 11.6 Å². The maximum absolute atomic E-state index is 13.0. The molecule has 2 heterocycles. The van der Waals surface area contributed by atoms with Crippen LogP contribution in [-0.4, -0.2) is 53.8 Å². The molecule has 3 aromatic rings. The van der Waals surface area contributed by atoms with Crippen molar-refractivity contribution in [3.8, 4) is 11.6 Å². The molecule has 4 rings (SSSR count). The Hall–Kier alpha value is -4.25. The van der Waals surface area contributed by atoms with Gasteiger partial charge in [0.1, 0.15) is 12.6 Å². The van der Waals surface area contributed by atoms with Gasteiger partial charge in [-0.2, -0.15) is 0 Å². The molecule has 11 heteroatoms. The lowest BCUT2D eigenvalue weighted by Crippen LogP contribution is -2.50. The van der Waals surface area contributed by atoms with Gasteiger partial charge in [0.15, 0.2) is 5.95 Å². The summed E-state index contributed by atoms with van der Waals surface area (Å²) in [5.41, 5.74) is 1.65. The number of ether oxygens (including phenoxy) is 2. The van der Waals surface area contributed by atoms with Gasteiger partial charge in [-0.3, -0.25) is 9.59 Å². The first kappa shape index (κ1) is 23.9. The highest BCUT2D eigenvalue weighted by atomic mass is 16.6. The summed E-state index contributed by atoms with van der Waals surface area (Å²) >= 11 is 0. The fraction of sp³-hybridized carbons (Fsp3) is 0.292. The molecule has 1 saturated heterocycles. The Labute approximate surface area is 200 Å². The molecule has 1 N–H and O–H groups in total. The molecule has 0 saturated carbocycles. The van der Waals surface area contributed by atoms with Crippen molar-refractivity contribution in [2.45, 2.75) is 26.0 Å². The molecular weight excluding hydrogens is 456 g/mol. The predicted octanol–water partition coefficient (Wildman–Crippen LogP) is 0.958. The Balaban J connectivity index is 1.38. The fourth-order valence-electron chi connectivity index (χ4n) is 3.63. The average molecular weight is 480 g/mol. The van der Waals surface area contributed by atoms with Gasteiger partial charge in [-0.25, -0.2) is 4.79 Å². The number of aromatic nitrogens is 2. The van der Waals surface area contributed by atoms with E-state index in [0.29, 0.717) is 16.9 Å². The number of nitrogens with one attached hydrogen (secondary N) is 1. The lowest BCUT2D eigenvalue weighted by atomic mass is 10.1. The van der Waals surface area contributed by atoms with Gasteiger partial charge in [-0.15, -0.1) is 0 Å². The molecule has 2 aromatic carbocycles. The molecular formula is C24H24N4O7. The van der Waals surface area contributed by atoms with Gasteiger partial charge < -0.3 is 29.3 Å². The normalized spacial score (nSPS) is 15.6. The van der Waals surface area contributed by atoms with Crippen LogP contribution in [0.5, 0.6) is 5.95 Å². The number of anilines is 1. The molecule has 0 spiro atoms. The number of morpholine rings is 1. The van der Waals surface area contributed by atoms with E-state index >= 15 is 0 Å². The van der Waals surface area contributed by atoms with Crippen molar-refractivity contribution in [1.82, 2.24) is 10.2 Å². The lowest BCUT2D eigenvalue weighted by Gasteiger charge is -2.31. The quantitative estimate of drug-likeness (QED) is 0.372. The minimum absolute atomic E-state index is 0.0349. The van der Waals surface area contributed by atoms with Crippen LogP contribution in [0.1, 0.15) is 29.4 Å². The first-order chi connectivity index (χ1) is 17.0. The number of carbonyl (C=O) groups is 3. The van der Waals surface area contributed by atoms with E-state index in [0.717, 1.165) is 0 Å². The van der Waals surface area contributed by atoms with Gasteiger partial charge in [0, 0.05) is 24.4 Å². The van der Waals surface area contributed by atoms with Gasteiger partial charge in [0.05, 0.1) is 30.5 Å². The molecule has 0 radical (unpaired) electrons. The molecule has 182 valence electrons. The first-order valence-electron chi connectivity index (χ1n) is 11.1. The van der Waals surface area contributed by atoms with Gasteiger partial charge >= 0.3 is 5.97 Å². The fourth-order valence-corrected chi connectivity index (χ4v) is 3.63. The number of hydrogen-bond acceptors (Lipinski definition) is 8. The molecule has 11 nitrogen and oxygen atoms in total. The number of benzene rings is 2. The second-order valence-electron chi connectivity index (χ2n) is 7.72. The largest absolute Gasteiger partial charge is 0.539 e. The van der Waals surface area contributed by atoms with Crippen molar-refractivity contribution in [2.24, 2.45) is 0 Å². The number of para-hydroxylation sites is 1. The molecule has 1 atom stereocenters. The molecule has 0 aliphatic carbocycles. The van der Waals surface area contributed by atoms with Crippen LogP contribution in [0.2, 0.25) is 0 Å². The minimum Gasteiger partial charge on any atom is -0.539 e. The Kier molecular flexibility index (Phi) is 7.36. The summed E-state index contributed by atoms with van der Waals surface area (Å²) in [7, 11) is 0. The Bertz CT molecular complexity index is 1190. The number of esters is 1. The number of carbonyl (C=O) groups excluding carboxylic acids is 3. The predicted molar refractivity (Wildman–Crippen MR) is 118 cm³/mol. The van der Waals surface area contributed by atoms with E-state index < -0.39 is 29.8 Å². The molecule has 1 aromatic heterocycles. The van der Waals surface area contributed by atoms with Crippen LogP contribution >= 0.6 is 0 Å². The summed E-state index contributed by atoms with van der Waals surface area (Å²) in [5, 5.41) is 18.7. The van der Waals surface area contributed by atoms with Gasteiger partial charge in [-0.05, 0) is 35.9 Å². The highest BCUT2D eigenvalue weighted by Crippen LogP contribution is 2.18. The molecule has 1 aliphatic rings. The molecule has 2 amide bonds. The second kappa shape index (κ2) is 10.8. The number of nitrogens with zero attached hydrogens (tertiary/aromatic N) is 3. The average Bonchev–Trinajstić information content (AvgIpc) is 3.22. The van der Waals surface area contributed by atoms with Crippen LogP contribution in [-0.2, 0) is 25.6 Å². The number of rotatable bonds is 8. The van der Waals surface area contributed by atoms with E-state index in [4.69, 9.17) is 14.0 Å². The summed E-state index contributed by atoms with van der Waals surface area (Å²) in [6, 6.07) is 15.2. The maximum atomic E-state index is 13.0. The monoisotopic (exact) mass is 480 g/mol. The Morgan fingerprint density at radius 2 is 1.94 bits per heavy atom. The summed E-state index contributed by atoms with van der Waals surface area (Å²) in [5.74, 6) is -1.93. The minimum atomic E-state index is -0.998. The molecule has 35 heavy (non-hydrogen) atoms. The van der Waals surface area contributed by atoms with Crippen LogP contribution in [0.4, 0.5) is 5.69 Å². The van der Waals surface area contributed by atoms with E-state index in [1.165, 1.54) is 9.58 Å². The highest BCUT2D eigenvalue weighted by molar-refractivity contribution is 5.96. The first-order valence-corrected chi connectivity index (χ1v) is 11.1. The summed E-state index contributed by atoms with van der Waals surface area (Å²) < 4.78 is 16.6. The van der Waals surface area contributed by atoms with Crippen molar-refractivity contribution in [2.75, 3.05) is 25.1 Å². The molecule has 1 fully saturated rings. The zero-order valence-electron chi connectivity index (χ0n) is 19.0. The summed E-state index contributed by atoms with van der Waals surface area (Å²) in [6.07, 6.45) is -1.20. The van der Waals surface area contributed by atoms with E-state index in [9.17, 15) is 19.5 Å². The standard InChI is InChI=1S/C24H24N4O7/c1-2-33-23(31)16-8-10-17(11-9-16)25-21(29)14-20-22(30)27(12-13-34-20)15-19-24(32)35-26-28(19)18-6-4-3-5-7-18/h3-11,20H,2,12-15H2,1H3,(H-,25,26,29,31,32). The summed E-state index contributed by atoms with van der Waals surface area (Å²) in [4.78, 5) is 38.7. The van der Waals surface area contributed by atoms with E-state index in [-0.39, 0.29) is 38.4 Å². The van der Waals surface area contributed by atoms with Crippen LogP contribution < -0.4 is 15.1 Å². The molecule has 0 bridgehead atoms. The van der Waals surface area contributed by atoms with Crippen LogP contribution in [0.15, 0.2) is 59.1 Å². The van der Waals surface area contributed by atoms with Crippen molar-refractivity contribution in [1.29, 1.82) is 0 Å². The zero-order chi connectivity index (χ0) is 24.8. The SMILES string of the molecule is CCOC(=O)c1ccc(NC(=O)CC2OCCN(Cc3c([O-])on[n+]3-c3ccccc3)C2=O)cc1. The number of hydrogen-bond donors (Lipinski definition) is 1. The third kappa shape index (κ3) is 5.64. The lowest BCUT2D eigenvalue weighted by molar-refractivity contribution is -0.678. The van der Waals surface area contributed by atoms with Crippen molar-refractivity contribution >= 4 is 23.5 Å². The van der Waals surface area contributed by atoms with Gasteiger partial charge in [-0.1, -0.05) is 18.2 Å². The third-order valence-corrected chi connectivity index (χ3v) is 5.36. The van der Waals surface area contributed by atoms with E-state index in [1.807, 2.05) is 6.07 Å². The van der Waals surface area contributed by atoms with Crippen molar-refractivity contribution in [3.05, 3.63) is 65.9 Å². The smallest absolute Gasteiger partial charge is 0.338 e. The Morgan fingerprint density at radius 3 is 2.66 bits per heavy atom. The summed E-state index contributed by atoms with van der Waals surface area (Å²) in [6.45, 7) is 2.42. The van der Waals surface area contributed by atoms with E-state index in [1.54, 1.807) is 55.5 Å². The number of amides is 2. The molecule has 1 aliphatic heterocycles. The maximum Gasteiger partial charge on any atom is 0.338 e. The molecule has 1 unspecified atom stereocenters. The van der Waals surface area contributed by atoms with Gasteiger partial charge in [0.25, 0.3) is 11.6 Å². The van der Waals surface area contributed by atoms with Crippen LogP contribution in [0.25, 0.3) is 5.69 Å². The third-order valence-electron chi connectivity index (χ3n) is 5.36. The topological polar surface area (TPSA) is 138 Å². The zero-order valence-corrected chi connectivity index (χ0v) is 19.0. The second-order valence-corrected chi connectivity index (χ2v) is 7.72. The van der Waals surface area contributed by atoms with Crippen molar-refractivity contribution < 1.29 is 38.2 Å².